The van der Waals surface area contributed by atoms with Crippen molar-refractivity contribution in [1.82, 2.24) is 10.3 Å². The van der Waals surface area contributed by atoms with Gasteiger partial charge in [0.05, 0.1) is 17.0 Å². The molecule has 1 heterocycles. The molecule has 0 unspecified atom stereocenters. The van der Waals surface area contributed by atoms with Crippen LogP contribution in [0.15, 0.2) is 96.6 Å². The molecule has 0 saturated heterocycles. The number of carboxylic acids is 1. The third-order valence-electron chi connectivity index (χ3n) is 7.27. The number of carbonyl (C=O) groups is 2. The lowest BCUT2D eigenvalue weighted by molar-refractivity contribution is -0.136. The van der Waals surface area contributed by atoms with Gasteiger partial charge >= 0.3 is 5.97 Å². The second-order valence-corrected chi connectivity index (χ2v) is 11.3. The van der Waals surface area contributed by atoms with E-state index in [4.69, 9.17) is 10.1 Å². The Balaban J connectivity index is 1.42. The van der Waals surface area contributed by atoms with Crippen molar-refractivity contribution in [3.8, 4) is 21.7 Å². The van der Waals surface area contributed by atoms with Gasteiger partial charge in [-0.25, -0.2) is 4.98 Å². The molecule has 0 atom stereocenters. The van der Waals surface area contributed by atoms with E-state index in [1.54, 1.807) is 23.5 Å². The van der Waals surface area contributed by atoms with E-state index in [-0.39, 0.29) is 18.9 Å². The van der Waals surface area contributed by atoms with Crippen molar-refractivity contribution in [3.05, 3.63) is 108 Å². The van der Waals surface area contributed by atoms with Crippen LogP contribution >= 0.6 is 11.3 Å². The Morgan fingerprint density at radius 2 is 1.61 bits per heavy atom. The van der Waals surface area contributed by atoms with Crippen LogP contribution in [0.3, 0.4) is 0 Å². The van der Waals surface area contributed by atoms with Gasteiger partial charge in [-0.2, -0.15) is 0 Å². The number of nitrogens with one attached hydrogen (secondary N) is 1. The van der Waals surface area contributed by atoms with Gasteiger partial charge in [-0.15, -0.1) is 0 Å². The van der Waals surface area contributed by atoms with Gasteiger partial charge in [-0.3, -0.25) is 9.59 Å². The Labute approximate surface area is 245 Å². The normalized spacial score (nSPS) is 12.9. The van der Waals surface area contributed by atoms with Gasteiger partial charge in [-0.05, 0) is 55.4 Å². The molecule has 2 N–H and O–H groups in total. The molecule has 0 aliphatic heterocycles. The molecule has 0 saturated carbocycles. The zero-order valence-corrected chi connectivity index (χ0v) is 23.9. The average molecular weight is 566 g/mol. The first-order valence-corrected chi connectivity index (χ1v) is 15.0. The SMILES string of the molecule is O=C(O)CCNC(=O)c1ccc(CN(CCC2=CCCCC2)c2nc(-c3ccccc3)c(-c3ccccc3)s2)cc1. The van der Waals surface area contributed by atoms with Crippen LogP contribution in [0.1, 0.15) is 54.4 Å². The maximum atomic E-state index is 12.4. The molecule has 1 aliphatic carbocycles. The monoisotopic (exact) mass is 565 g/mol. The fraction of sp³-hybridized carbons (Fsp3) is 0.265. The zero-order chi connectivity index (χ0) is 28.4. The number of hydrogen-bond donors (Lipinski definition) is 2. The summed E-state index contributed by atoms with van der Waals surface area (Å²) in [5, 5.41) is 12.5. The Morgan fingerprint density at radius 1 is 0.902 bits per heavy atom. The number of carbonyl (C=O) groups excluding carboxylic acids is 1. The first-order valence-electron chi connectivity index (χ1n) is 14.2. The summed E-state index contributed by atoms with van der Waals surface area (Å²) in [5.74, 6) is -1.20. The van der Waals surface area contributed by atoms with Crippen LogP contribution in [-0.2, 0) is 11.3 Å². The molecule has 0 radical (unpaired) electrons. The van der Waals surface area contributed by atoms with Crippen LogP contribution in [0.4, 0.5) is 5.13 Å². The Morgan fingerprint density at radius 3 is 2.27 bits per heavy atom. The highest BCUT2D eigenvalue weighted by molar-refractivity contribution is 7.19. The first-order chi connectivity index (χ1) is 20.1. The lowest BCUT2D eigenvalue weighted by Gasteiger charge is -2.24. The molecule has 1 aliphatic rings. The topological polar surface area (TPSA) is 82.5 Å². The largest absolute Gasteiger partial charge is 0.481 e. The zero-order valence-electron chi connectivity index (χ0n) is 23.1. The predicted octanol–water partition coefficient (Wildman–Crippen LogP) is 7.58. The molecule has 5 rings (SSSR count). The Hall–Kier alpha value is -4.23. The van der Waals surface area contributed by atoms with Gasteiger partial charge in [0, 0.05) is 30.8 Å². The molecule has 0 spiro atoms. The molecule has 1 amide bonds. The van der Waals surface area contributed by atoms with Gasteiger partial charge in [0.2, 0.25) is 0 Å². The van der Waals surface area contributed by atoms with Crippen molar-refractivity contribution in [3.63, 3.8) is 0 Å². The maximum absolute atomic E-state index is 12.4. The second-order valence-electron chi connectivity index (χ2n) is 10.3. The van der Waals surface area contributed by atoms with Crippen LogP contribution in [0.2, 0.25) is 0 Å². The van der Waals surface area contributed by atoms with Crippen molar-refractivity contribution >= 4 is 28.3 Å². The third-order valence-corrected chi connectivity index (χ3v) is 8.44. The average Bonchev–Trinajstić information content (AvgIpc) is 3.46. The highest BCUT2D eigenvalue weighted by Crippen LogP contribution is 2.41. The first kappa shape index (κ1) is 28.3. The highest BCUT2D eigenvalue weighted by Gasteiger charge is 2.20. The van der Waals surface area contributed by atoms with Gasteiger partial charge < -0.3 is 15.3 Å². The van der Waals surface area contributed by atoms with Gasteiger partial charge in [0.1, 0.15) is 0 Å². The van der Waals surface area contributed by atoms with Crippen LogP contribution < -0.4 is 10.2 Å². The number of rotatable bonds is 12. The van der Waals surface area contributed by atoms with Crippen LogP contribution in [-0.4, -0.2) is 35.1 Å². The number of thiazole rings is 1. The number of benzene rings is 3. The molecule has 7 heteroatoms. The molecule has 41 heavy (non-hydrogen) atoms. The summed E-state index contributed by atoms with van der Waals surface area (Å²) < 4.78 is 0. The highest BCUT2D eigenvalue weighted by atomic mass is 32.1. The van der Waals surface area contributed by atoms with E-state index in [9.17, 15) is 9.59 Å². The van der Waals surface area contributed by atoms with Gasteiger partial charge in [0.15, 0.2) is 5.13 Å². The molecule has 6 nitrogen and oxygen atoms in total. The number of aliphatic carboxylic acids is 1. The minimum Gasteiger partial charge on any atom is -0.481 e. The predicted molar refractivity (Wildman–Crippen MR) is 166 cm³/mol. The van der Waals surface area contributed by atoms with E-state index in [0.29, 0.717) is 12.1 Å². The maximum Gasteiger partial charge on any atom is 0.305 e. The molecule has 1 aromatic heterocycles. The molecule has 0 fully saturated rings. The third kappa shape index (κ3) is 7.70. The Bertz CT molecular complexity index is 1420. The minimum atomic E-state index is -0.933. The minimum absolute atomic E-state index is 0.0982. The fourth-order valence-electron chi connectivity index (χ4n) is 5.04. The molecule has 210 valence electrons. The summed E-state index contributed by atoms with van der Waals surface area (Å²) in [6.45, 7) is 1.64. The van der Waals surface area contributed by atoms with Crippen molar-refractivity contribution in [2.75, 3.05) is 18.0 Å². The summed E-state index contributed by atoms with van der Waals surface area (Å²) in [7, 11) is 0. The summed E-state index contributed by atoms with van der Waals surface area (Å²) >= 11 is 1.72. The van der Waals surface area contributed by atoms with Crippen molar-refractivity contribution in [2.24, 2.45) is 0 Å². The number of anilines is 1. The number of hydrogen-bond acceptors (Lipinski definition) is 5. The number of nitrogens with zero attached hydrogens (tertiary/aromatic N) is 2. The lowest BCUT2D eigenvalue weighted by atomic mass is 9.97. The Kier molecular flexibility index (Phi) is 9.60. The lowest BCUT2D eigenvalue weighted by Crippen LogP contribution is -2.26. The summed E-state index contributed by atoms with van der Waals surface area (Å²) in [5.41, 5.74) is 6.38. The van der Waals surface area contributed by atoms with E-state index in [0.717, 1.165) is 45.4 Å². The van der Waals surface area contributed by atoms with E-state index >= 15 is 0 Å². The quantitative estimate of drug-likeness (QED) is 0.173. The van der Waals surface area contributed by atoms with Crippen molar-refractivity contribution in [2.45, 2.75) is 45.1 Å². The van der Waals surface area contributed by atoms with Crippen molar-refractivity contribution in [1.29, 1.82) is 0 Å². The molecule has 4 aromatic rings. The summed E-state index contributed by atoms with van der Waals surface area (Å²) in [6.07, 6.45) is 8.18. The number of amides is 1. The van der Waals surface area contributed by atoms with Crippen molar-refractivity contribution < 1.29 is 14.7 Å². The standard InChI is InChI=1S/C34H35N3O3S/c38-30(39)20-22-35-33(40)29-18-16-26(17-19-29)24-37(23-21-25-10-4-1-5-11-25)34-36-31(27-12-6-2-7-13-27)32(41-34)28-14-8-3-9-15-28/h2-3,6-10,12-19H,1,4-5,11,20-24H2,(H,35,40)(H,38,39). The second kappa shape index (κ2) is 13.9. The number of aromatic nitrogens is 1. The van der Waals surface area contributed by atoms with E-state index < -0.39 is 5.97 Å². The smallest absolute Gasteiger partial charge is 0.305 e. The summed E-state index contributed by atoms with van der Waals surface area (Å²) in [4.78, 5) is 31.9. The molecule has 0 bridgehead atoms. The van der Waals surface area contributed by atoms with E-state index in [1.807, 2.05) is 24.3 Å². The van der Waals surface area contributed by atoms with Gasteiger partial charge in [0.25, 0.3) is 5.91 Å². The van der Waals surface area contributed by atoms with Crippen LogP contribution in [0, 0.1) is 0 Å². The number of allylic oxidation sites excluding steroid dienone is 1. The fourth-order valence-corrected chi connectivity index (χ4v) is 6.16. The van der Waals surface area contributed by atoms with Gasteiger partial charge in [-0.1, -0.05) is 95.8 Å². The van der Waals surface area contributed by atoms with E-state index in [2.05, 4.69) is 64.8 Å². The van der Waals surface area contributed by atoms with Crippen LogP contribution in [0.5, 0.6) is 0 Å². The van der Waals surface area contributed by atoms with E-state index in [1.165, 1.54) is 31.3 Å². The molecule has 3 aromatic carbocycles. The van der Waals surface area contributed by atoms with Crippen LogP contribution in [0.25, 0.3) is 21.7 Å². The molecular formula is C34H35N3O3S. The number of carboxylic acid groups (broad SMARTS) is 1. The molecular weight excluding hydrogens is 530 g/mol. The summed E-state index contributed by atoms with van der Waals surface area (Å²) in [6, 6.07) is 28.4.